The molecule has 1 fully saturated rings. The predicted octanol–water partition coefficient (Wildman–Crippen LogP) is 1.26. The zero-order valence-electron chi connectivity index (χ0n) is 14.3. The fourth-order valence-electron chi connectivity index (χ4n) is 2.73. The second-order valence-electron chi connectivity index (χ2n) is 6.57. The van der Waals surface area contributed by atoms with E-state index < -0.39 is 22.6 Å². The topological polar surface area (TPSA) is 108 Å². The lowest BCUT2D eigenvalue weighted by atomic mass is 10.2. The molecular weight excluding hydrogens is 371 g/mol. The Morgan fingerprint density at radius 1 is 1.44 bits per heavy atom. The molecule has 0 unspecified atom stereocenters. The number of halogens is 1. The summed E-state index contributed by atoms with van der Waals surface area (Å²) >= 11 is 0.981. The molecule has 8 nitrogen and oxygen atoms in total. The number of hydrogen-bond donors (Lipinski definition) is 2. The van der Waals surface area contributed by atoms with E-state index in [0.29, 0.717) is 18.4 Å². The van der Waals surface area contributed by atoms with Crippen molar-refractivity contribution < 1.29 is 4.39 Å². The van der Waals surface area contributed by atoms with Crippen molar-refractivity contribution in [3.8, 4) is 6.07 Å². The Bertz CT molecular complexity index is 1200. The highest BCUT2D eigenvalue weighted by molar-refractivity contribution is 7.97. The second-order valence-corrected chi connectivity index (χ2v) is 7.42. The zero-order valence-corrected chi connectivity index (χ0v) is 15.1. The lowest BCUT2D eigenvalue weighted by molar-refractivity contribution is 0.602. The Morgan fingerprint density at radius 3 is 2.85 bits per heavy atom. The van der Waals surface area contributed by atoms with Crippen LogP contribution in [0.3, 0.4) is 0 Å². The molecule has 4 rings (SSSR count). The zero-order chi connectivity index (χ0) is 19.2. The molecule has 1 aliphatic carbocycles. The third kappa shape index (κ3) is 3.27. The summed E-state index contributed by atoms with van der Waals surface area (Å²) in [7, 11) is 1.74. The number of aromatic nitrogens is 4. The number of H-pyrrole nitrogens is 1. The van der Waals surface area contributed by atoms with E-state index in [4.69, 9.17) is 5.26 Å². The van der Waals surface area contributed by atoms with Crippen molar-refractivity contribution in [1.82, 2.24) is 24.1 Å². The molecule has 10 heteroatoms. The van der Waals surface area contributed by atoms with Gasteiger partial charge in [0.15, 0.2) is 0 Å². The van der Waals surface area contributed by atoms with Crippen LogP contribution < -0.4 is 16.0 Å². The Balaban J connectivity index is 1.73. The summed E-state index contributed by atoms with van der Waals surface area (Å²) in [5, 5.41) is 13.3. The molecule has 0 spiro atoms. The Morgan fingerprint density at radius 2 is 2.22 bits per heavy atom. The maximum absolute atomic E-state index is 14.3. The first-order valence-corrected chi connectivity index (χ1v) is 9.02. The lowest BCUT2D eigenvalue weighted by Gasteiger charge is -2.10. The molecule has 0 atom stereocenters. The highest BCUT2D eigenvalue weighted by Gasteiger charge is 2.43. The normalized spacial score (nSPS) is 15.0. The number of aryl methyl sites for hydroxylation is 1. The molecule has 0 saturated heterocycles. The summed E-state index contributed by atoms with van der Waals surface area (Å²) in [4.78, 5) is 27.8. The number of rotatable bonds is 5. The minimum absolute atomic E-state index is 0.0631. The minimum atomic E-state index is -0.627. The summed E-state index contributed by atoms with van der Waals surface area (Å²) < 4.78 is 19.9. The van der Waals surface area contributed by atoms with Crippen molar-refractivity contribution in [2.45, 2.75) is 29.8 Å². The van der Waals surface area contributed by atoms with Crippen LogP contribution in [0, 0.1) is 17.1 Å². The molecule has 2 heterocycles. The van der Waals surface area contributed by atoms with Crippen LogP contribution in [0.15, 0.2) is 39.0 Å². The van der Waals surface area contributed by atoms with Crippen molar-refractivity contribution in [3.05, 3.63) is 56.7 Å². The molecule has 3 aromatic rings. The third-order valence-electron chi connectivity index (χ3n) is 4.45. The fraction of sp³-hybridized carbons (Fsp3) is 0.294. The first-order valence-electron chi connectivity index (χ1n) is 8.20. The summed E-state index contributed by atoms with van der Waals surface area (Å²) in [5.41, 5.74) is -0.919. The average Bonchev–Trinajstić information content (AvgIpc) is 3.31. The van der Waals surface area contributed by atoms with E-state index in [-0.39, 0.29) is 22.3 Å². The molecule has 0 bridgehead atoms. The molecule has 2 N–H and O–H groups in total. The largest absolute Gasteiger partial charge is 0.329 e. The van der Waals surface area contributed by atoms with Gasteiger partial charge in [-0.3, -0.25) is 14.0 Å². The number of hydrogen-bond acceptors (Lipinski definition) is 6. The van der Waals surface area contributed by atoms with Crippen molar-refractivity contribution in [2.24, 2.45) is 7.05 Å². The van der Waals surface area contributed by atoms with Gasteiger partial charge in [-0.1, -0.05) is 0 Å². The predicted molar refractivity (Wildman–Crippen MR) is 97.7 cm³/mol. The van der Waals surface area contributed by atoms with Crippen molar-refractivity contribution >= 4 is 22.9 Å². The lowest BCUT2D eigenvalue weighted by Crippen LogP contribution is -2.35. The van der Waals surface area contributed by atoms with Gasteiger partial charge in [0.1, 0.15) is 11.4 Å². The van der Waals surface area contributed by atoms with Crippen molar-refractivity contribution in [3.63, 3.8) is 0 Å². The van der Waals surface area contributed by atoms with E-state index in [1.54, 1.807) is 24.1 Å². The maximum Gasteiger partial charge on any atom is 0.329 e. The molecule has 1 aliphatic rings. The van der Waals surface area contributed by atoms with Crippen LogP contribution in [0.25, 0.3) is 10.9 Å². The van der Waals surface area contributed by atoms with Crippen molar-refractivity contribution in [1.29, 1.82) is 5.26 Å². The number of benzene rings is 1. The van der Waals surface area contributed by atoms with Crippen LogP contribution in [0.4, 0.5) is 4.39 Å². The summed E-state index contributed by atoms with van der Waals surface area (Å²) in [6.45, 7) is 0.0631. The number of nitrogens with one attached hydrogen (secondary N) is 2. The number of fused-ring (bicyclic) bond motifs is 1. The standard InChI is InChI=1S/C17H15FN6O2S/c1-23-7-10(6-20-23)8-24-15(25)11-4-14(27-22-17(9-19)2-3-17)12(18)5-13(11)21-16(24)26/h4-7,22H,2-3,8H2,1H3,(H,21,26). The highest BCUT2D eigenvalue weighted by Crippen LogP contribution is 2.38. The third-order valence-corrected chi connectivity index (χ3v) is 5.48. The van der Waals surface area contributed by atoms with E-state index in [0.717, 1.165) is 22.6 Å². The molecule has 27 heavy (non-hydrogen) atoms. The van der Waals surface area contributed by atoms with Crippen LogP contribution in [-0.4, -0.2) is 24.9 Å². The van der Waals surface area contributed by atoms with E-state index in [1.165, 1.54) is 6.07 Å². The smallest absolute Gasteiger partial charge is 0.307 e. The molecule has 1 aromatic carbocycles. The van der Waals surface area contributed by atoms with Gasteiger partial charge in [0.05, 0.1) is 34.6 Å². The maximum atomic E-state index is 14.3. The Hall–Kier alpha value is -2.90. The molecule has 1 saturated carbocycles. The number of nitriles is 1. The first-order chi connectivity index (χ1) is 12.9. The van der Waals surface area contributed by atoms with Gasteiger partial charge in [0, 0.05) is 18.8 Å². The number of aromatic amines is 1. The summed E-state index contributed by atoms with van der Waals surface area (Å²) in [5.74, 6) is -0.575. The molecule has 0 aliphatic heterocycles. The van der Waals surface area contributed by atoms with E-state index in [1.807, 2.05) is 0 Å². The molecular formula is C17H15FN6O2S. The fourth-order valence-corrected chi connectivity index (χ4v) is 3.61. The second kappa shape index (κ2) is 6.37. The van der Waals surface area contributed by atoms with Gasteiger partial charge in [-0.2, -0.15) is 10.4 Å². The Labute approximate surface area is 156 Å². The monoisotopic (exact) mass is 386 g/mol. The van der Waals surface area contributed by atoms with Gasteiger partial charge >= 0.3 is 5.69 Å². The molecule has 0 radical (unpaired) electrons. The molecule has 2 aromatic heterocycles. The SMILES string of the molecule is Cn1cc(Cn2c(=O)[nH]c3cc(F)c(SNC4(C#N)CC4)cc3c2=O)cn1. The highest BCUT2D eigenvalue weighted by atomic mass is 32.2. The summed E-state index contributed by atoms with van der Waals surface area (Å²) in [6, 6.07) is 4.69. The quantitative estimate of drug-likeness (QED) is 0.639. The average molecular weight is 386 g/mol. The van der Waals surface area contributed by atoms with Gasteiger partial charge in [0.2, 0.25) is 0 Å². The van der Waals surface area contributed by atoms with Crippen LogP contribution >= 0.6 is 11.9 Å². The molecule has 138 valence electrons. The van der Waals surface area contributed by atoms with Gasteiger partial charge < -0.3 is 4.98 Å². The molecule has 0 amide bonds. The van der Waals surface area contributed by atoms with Crippen LogP contribution in [0.1, 0.15) is 18.4 Å². The first kappa shape index (κ1) is 17.5. The van der Waals surface area contributed by atoms with Gasteiger partial charge in [0.25, 0.3) is 5.56 Å². The Kier molecular flexibility index (Phi) is 4.13. The van der Waals surface area contributed by atoms with E-state index in [2.05, 4.69) is 20.9 Å². The van der Waals surface area contributed by atoms with Crippen LogP contribution in [-0.2, 0) is 13.6 Å². The minimum Gasteiger partial charge on any atom is -0.307 e. The van der Waals surface area contributed by atoms with Gasteiger partial charge in [-0.25, -0.2) is 13.9 Å². The van der Waals surface area contributed by atoms with E-state index >= 15 is 0 Å². The van der Waals surface area contributed by atoms with Crippen LogP contribution in [0.2, 0.25) is 0 Å². The van der Waals surface area contributed by atoms with Crippen LogP contribution in [0.5, 0.6) is 0 Å². The van der Waals surface area contributed by atoms with Crippen molar-refractivity contribution in [2.75, 3.05) is 0 Å². The van der Waals surface area contributed by atoms with Gasteiger partial charge in [-0.15, -0.1) is 0 Å². The summed E-state index contributed by atoms with van der Waals surface area (Å²) in [6.07, 6.45) is 4.69. The number of nitrogens with zero attached hydrogens (tertiary/aromatic N) is 4. The van der Waals surface area contributed by atoms with Gasteiger partial charge in [-0.05, 0) is 36.9 Å². The van der Waals surface area contributed by atoms with E-state index in [9.17, 15) is 14.0 Å².